The van der Waals surface area contributed by atoms with E-state index in [0.717, 1.165) is 16.9 Å². The van der Waals surface area contributed by atoms with Crippen LogP contribution in [-0.4, -0.2) is 29.1 Å². The third-order valence-corrected chi connectivity index (χ3v) is 4.89. The van der Waals surface area contributed by atoms with Gasteiger partial charge in [-0.3, -0.25) is 4.79 Å². The van der Waals surface area contributed by atoms with Crippen LogP contribution in [0.3, 0.4) is 0 Å². The fraction of sp³-hybridized carbons (Fsp3) is 0.107. The lowest BCUT2D eigenvalue weighted by Crippen LogP contribution is -2.20. The first-order valence-corrected chi connectivity index (χ1v) is 11.1. The van der Waals surface area contributed by atoms with Gasteiger partial charge in [-0.2, -0.15) is 0 Å². The lowest BCUT2D eigenvalue weighted by molar-refractivity contribution is -0.118. The van der Waals surface area contributed by atoms with Crippen molar-refractivity contribution in [1.82, 2.24) is 9.97 Å². The summed E-state index contributed by atoms with van der Waals surface area (Å²) in [5.74, 6) is 2.09. The van der Waals surface area contributed by atoms with Crippen LogP contribution in [0.1, 0.15) is 5.82 Å². The van der Waals surface area contributed by atoms with Crippen LogP contribution >= 0.6 is 0 Å². The molecule has 0 saturated carbocycles. The Morgan fingerprint density at radius 1 is 0.886 bits per heavy atom. The minimum atomic E-state index is -0.287. The number of carbonyl (C=O) groups is 1. The summed E-state index contributed by atoms with van der Waals surface area (Å²) in [4.78, 5) is 21.5. The van der Waals surface area contributed by atoms with Crippen molar-refractivity contribution in [2.24, 2.45) is 0 Å². The van der Waals surface area contributed by atoms with E-state index in [1.165, 1.54) is 0 Å². The second-order valence-electron chi connectivity index (χ2n) is 7.64. The van der Waals surface area contributed by atoms with Crippen molar-refractivity contribution < 1.29 is 14.3 Å². The van der Waals surface area contributed by atoms with E-state index >= 15 is 0 Å². The number of aryl methyl sites for hydroxylation is 1. The van der Waals surface area contributed by atoms with E-state index in [1.807, 2.05) is 79.7 Å². The number of ether oxygens (including phenoxy) is 2. The summed E-state index contributed by atoms with van der Waals surface area (Å²) < 4.78 is 11.2. The molecule has 0 atom stereocenters. The van der Waals surface area contributed by atoms with Crippen molar-refractivity contribution in [2.45, 2.75) is 6.92 Å². The fourth-order valence-corrected chi connectivity index (χ4v) is 3.39. The molecule has 0 spiro atoms. The normalized spacial score (nSPS) is 10.3. The number of amides is 1. The van der Waals surface area contributed by atoms with Crippen molar-refractivity contribution >= 4 is 23.1 Å². The number of rotatable bonds is 10. The highest BCUT2D eigenvalue weighted by Crippen LogP contribution is 2.27. The van der Waals surface area contributed by atoms with Crippen molar-refractivity contribution in [3.05, 3.63) is 103 Å². The molecule has 0 radical (unpaired) electrons. The number of aromatic nitrogens is 2. The van der Waals surface area contributed by atoms with Crippen molar-refractivity contribution in [3.63, 3.8) is 0 Å². The summed E-state index contributed by atoms with van der Waals surface area (Å²) >= 11 is 0. The summed E-state index contributed by atoms with van der Waals surface area (Å²) in [6, 6.07) is 26.4. The topological polar surface area (TPSA) is 85.4 Å². The van der Waals surface area contributed by atoms with Crippen molar-refractivity contribution in [1.29, 1.82) is 0 Å². The largest absolute Gasteiger partial charge is 0.486 e. The molecule has 0 aliphatic heterocycles. The molecule has 0 fully saturated rings. The Morgan fingerprint density at radius 2 is 1.60 bits per heavy atom. The molecule has 7 heteroatoms. The quantitative estimate of drug-likeness (QED) is 0.288. The molecule has 1 aromatic heterocycles. The van der Waals surface area contributed by atoms with Gasteiger partial charge in [-0.05, 0) is 37.3 Å². The van der Waals surface area contributed by atoms with Crippen molar-refractivity contribution in [3.8, 4) is 22.8 Å². The second-order valence-corrected chi connectivity index (χ2v) is 7.64. The van der Waals surface area contributed by atoms with Gasteiger partial charge in [0.2, 0.25) is 0 Å². The maximum atomic E-state index is 12.5. The zero-order valence-electron chi connectivity index (χ0n) is 19.4. The van der Waals surface area contributed by atoms with Crippen LogP contribution in [0.4, 0.5) is 17.2 Å². The first kappa shape index (κ1) is 23.5. The van der Waals surface area contributed by atoms with Gasteiger partial charge >= 0.3 is 0 Å². The molecule has 0 unspecified atom stereocenters. The molecule has 0 aliphatic carbocycles. The van der Waals surface area contributed by atoms with Crippen LogP contribution < -0.4 is 20.1 Å². The Kier molecular flexibility index (Phi) is 7.70. The highest BCUT2D eigenvalue weighted by molar-refractivity contribution is 5.92. The molecule has 0 aliphatic rings. The Labute approximate surface area is 204 Å². The highest BCUT2D eigenvalue weighted by atomic mass is 16.5. The minimum Gasteiger partial charge on any atom is -0.486 e. The molecule has 0 saturated heterocycles. The molecular weight excluding hydrogens is 440 g/mol. The molecule has 0 bridgehead atoms. The minimum absolute atomic E-state index is 0.155. The summed E-state index contributed by atoms with van der Waals surface area (Å²) in [6.45, 7) is 5.69. The summed E-state index contributed by atoms with van der Waals surface area (Å²) in [6.07, 6.45) is 1.65. The Hall–Kier alpha value is -4.65. The number of hydrogen-bond acceptors (Lipinski definition) is 6. The molecular formula is C28H26N4O3. The number of hydrogen-bond donors (Lipinski definition) is 2. The molecule has 1 amide bonds. The molecule has 7 nitrogen and oxygen atoms in total. The van der Waals surface area contributed by atoms with Gasteiger partial charge < -0.3 is 20.1 Å². The Morgan fingerprint density at radius 3 is 2.37 bits per heavy atom. The summed E-state index contributed by atoms with van der Waals surface area (Å²) in [5, 5.41) is 6.15. The summed E-state index contributed by atoms with van der Waals surface area (Å²) in [5.41, 5.74) is 3.26. The number of para-hydroxylation sites is 2. The number of carbonyl (C=O) groups excluding carboxylic acids is 1. The van der Waals surface area contributed by atoms with Gasteiger partial charge in [0.05, 0.1) is 5.69 Å². The van der Waals surface area contributed by atoms with Crippen LogP contribution in [-0.2, 0) is 4.79 Å². The number of nitrogens with one attached hydrogen (secondary N) is 2. The summed E-state index contributed by atoms with van der Waals surface area (Å²) in [7, 11) is 0. The first-order valence-electron chi connectivity index (χ1n) is 11.1. The maximum Gasteiger partial charge on any atom is 0.262 e. The van der Waals surface area contributed by atoms with E-state index < -0.39 is 0 Å². The predicted molar refractivity (Wildman–Crippen MR) is 138 cm³/mol. The van der Waals surface area contributed by atoms with Crippen molar-refractivity contribution in [2.75, 3.05) is 23.8 Å². The number of benzene rings is 3. The van der Waals surface area contributed by atoms with Gasteiger partial charge in [-0.25, -0.2) is 9.97 Å². The standard InChI is InChI=1S/C28H26N4O3/c1-3-16-34-25-14-7-8-15-26(25)35-19-28(33)32-23-13-9-12-22(17-23)31-27-18-24(29-20(2)30-27)21-10-5-4-6-11-21/h3-15,17-18H,1,16,19H2,2H3,(H,32,33)(H,29,30,31). The van der Waals surface area contributed by atoms with Gasteiger partial charge in [0.25, 0.3) is 5.91 Å². The van der Waals surface area contributed by atoms with Crippen LogP contribution in [0.25, 0.3) is 11.3 Å². The molecule has 1 heterocycles. The molecule has 2 N–H and O–H groups in total. The number of nitrogens with zero attached hydrogens (tertiary/aromatic N) is 2. The molecule has 4 aromatic rings. The molecule has 4 rings (SSSR count). The zero-order valence-corrected chi connectivity index (χ0v) is 19.4. The van der Waals surface area contributed by atoms with Gasteiger partial charge in [-0.1, -0.05) is 61.2 Å². The monoisotopic (exact) mass is 466 g/mol. The van der Waals surface area contributed by atoms with E-state index in [9.17, 15) is 4.79 Å². The number of anilines is 3. The average molecular weight is 467 g/mol. The predicted octanol–water partition coefficient (Wildman–Crippen LogP) is 5.78. The average Bonchev–Trinajstić information content (AvgIpc) is 2.87. The molecule has 176 valence electrons. The van der Waals surface area contributed by atoms with Crippen LogP contribution in [0.15, 0.2) is 97.6 Å². The lowest BCUT2D eigenvalue weighted by Gasteiger charge is -2.13. The van der Waals surface area contributed by atoms with Crippen LogP contribution in [0.5, 0.6) is 11.5 Å². The second kappa shape index (κ2) is 11.5. The highest BCUT2D eigenvalue weighted by Gasteiger charge is 2.09. The van der Waals surface area contributed by atoms with Gasteiger partial charge in [0, 0.05) is 23.0 Å². The molecule has 35 heavy (non-hydrogen) atoms. The smallest absolute Gasteiger partial charge is 0.262 e. The van der Waals surface area contributed by atoms with Gasteiger partial charge in [-0.15, -0.1) is 0 Å². The third-order valence-electron chi connectivity index (χ3n) is 4.89. The fourth-order valence-electron chi connectivity index (χ4n) is 3.39. The SMILES string of the molecule is C=CCOc1ccccc1OCC(=O)Nc1cccc(Nc2cc(-c3ccccc3)nc(C)n2)c1. The van der Waals surface area contributed by atoms with Gasteiger partial charge in [0.15, 0.2) is 18.1 Å². The van der Waals surface area contributed by atoms with E-state index in [2.05, 4.69) is 27.2 Å². The van der Waals surface area contributed by atoms with E-state index in [1.54, 1.807) is 18.2 Å². The van der Waals surface area contributed by atoms with Gasteiger partial charge in [0.1, 0.15) is 18.2 Å². The van der Waals surface area contributed by atoms with E-state index in [4.69, 9.17) is 9.47 Å². The maximum absolute atomic E-state index is 12.5. The third kappa shape index (κ3) is 6.68. The molecule has 3 aromatic carbocycles. The van der Waals surface area contributed by atoms with Crippen LogP contribution in [0, 0.1) is 6.92 Å². The Bertz CT molecular complexity index is 1310. The Balaban J connectivity index is 1.40. The zero-order chi connectivity index (χ0) is 24.5. The van der Waals surface area contributed by atoms with E-state index in [0.29, 0.717) is 35.4 Å². The van der Waals surface area contributed by atoms with E-state index in [-0.39, 0.29) is 12.5 Å². The van der Waals surface area contributed by atoms with Crippen LogP contribution in [0.2, 0.25) is 0 Å². The lowest BCUT2D eigenvalue weighted by atomic mass is 10.1. The first-order chi connectivity index (χ1) is 17.1.